The van der Waals surface area contributed by atoms with Crippen molar-refractivity contribution in [2.45, 2.75) is 83.8 Å². The first-order chi connectivity index (χ1) is 9.25. The Labute approximate surface area is 118 Å². The molecule has 1 N–H and O–H groups in total. The lowest BCUT2D eigenvalue weighted by atomic mass is 9.59. The molecule has 0 amide bonds. The zero-order valence-corrected chi connectivity index (χ0v) is 12.8. The Morgan fingerprint density at radius 3 is 2.32 bits per heavy atom. The van der Waals surface area contributed by atoms with E-state index in [1.165, 1.54) is 64.3 Å². The second-order valence-corrected chi connectivity index (χ2v) is 7.26. The van der Waals surface area contributed by atoms with Gasteiger partial charge in [0.05, 0.1) is 6.10 Å². The third-order valence-corrected chi connectivity index (χ3v) is 6.57. The van der Waals surface area contributed by atoms with E-state index < -0.39 is 0 Å². The van der Waals surface area contributed by atoms with Gasteiger partial charge in [-0.25, -0.2) is 0 Å². The molecule has 0 aromatic rings. The molecule has 0 aromatic heterocycles. The molecule has 110 valence electrons. The molecule has 19 heavy (non-hydrogen) atoms. The molecule has 2 nitrogen and oxygen atoms in total. The Morgan fingerprint density at radius 2 is 1.79 bits per heavy atom. The number of rotatable bonds is 6. The van der Waals surface area contributed by atoms with Crippen LogP contribution in [0, 0.1) is 10.8 Å². The van der Waals surface area contributed by atoms with Crippen LogP contribution in [0.2, 0.25) is 0 Å². The van der Waals surface area contributed by atoms with Gasteiger partial charge in [0.15, 0.2) is 0 Å². The minimum Gasteiger partial charge on any atom is -0.378 e. The largest absolute Gasteiger partial charge is 0.378 e. The number of hydrogen-bond donors (Lipinski definition) is 1. The zero-order valence-electron chi connectivity index (χ0n) is 12.8. The Hall–Kier alpha value is -0.0800. The van der Waals surface area contributed by atoms with Gasteiger partial charge < -0.3 is 10.1 Å². The third-order valence-electron chi connectivity index (χ3n) is 6.57. The SMILES string of the molecule is CCOC1CC(NCC2(CC)CCC2)C12CCCC2. The van der Waals surface area contributed by atoms with E-state index in [4.69, 9.17) is 4.74 Å². The first kappa shape index (κ1) is 13.9. The lowest BCUT2D eigenvalue weighted by Crippen LogP contribution is -2.64. The summed E-state index contributed by atoms with van der Waals surface area (Å²) in [5.41, 5.74) is 1.16. The molecule has 0 saturated heterocycles. The number of nitrogens with one attached hydrogen (secondary N) is 1. The van der Waals surface area contributed by atoms with E-state index in [2.05, 4.69) is 19.2 Å². The van der Waals surface area contributed by atoms with Crippen LogP contribution in [0.5, 0.6) is 0 Å². The number of hydrogen-bond acceptors (Lipinski definition) is 2. The van der Waals surface area contributed by atoms with Crippen molar-refractivity contribution in [2.24, 2.45) is 10.8 Å². The standard InChI is InChI=1S/C17H31NO/c1-3-16(8-7-9-16)13-18-14-12-15(19-4-2)17(14)10-5-6-11-17/h14-15,18H,3-13H2,1-2H3. The van der Waals surface area contributed by atoms with Crippen LogP contribution in [-0.4, -0.2) is 25.3 Å². The van der Waals surface area contributed by atoms with Crippen LogP contribution in [0.3, 0.4) is 0 Å². The van der Waals surface area contributed by atoms with Crippen molar-refractivity contribution in [3.05, 3.63) is 0 Å². The minimum atomic E-state index is 0.509. The van der Waals surface area contributed by atoms with E-state index in [1.54, 1.807) is 0 Å². The fraction of sp³-hybridized carbons (Fsp3) is 1.00. The summed E-state index contributed by atoms with van der Waals surface area (Å²) in [7, 11) is 0. The van der Waals surface area contributed by atoms with Gasteiger partial charge in [-0.15, -0.1) is 0 Å². The van der Waals surface area contributed by atoms with Crippen LogP contribution in [0.4, 0.5) is 0 Å². The highest BCUT2D eigenvalue weighted by Crippen LogP contribution is 2.55. The predicted octanol–water partition coefficient (Wildman–Crippen LogP) is 3.89. The Bertz CT molecular complexity index is 299. The average molecular weight is 265 g/mol. The van der Waals surface area contributed by atoms with Gasteiger partial charge in [0.2, 0.25) is 0 Å². The van der Waals surface area contributed by atoms with E-state index in [-0.39, 0.29) is 0 Å². The second kappa shape index (κ2) is 5.37. The lowest BCUT2D eigenvalue weighted by Gasteiger charge is -2.55. The Morgan fingerprint density at radius 1 is 1.05 bits per heavy atom. The molecule has 3 rings (SSSR count). The van der Waals surface area contributed by atoms with Gasteiger partial charge in [-0.1, -0.05) is 26.2 Å². The molecule has 1 spiro atoms. The van der Waals surface area contributed by atoms with Crippen LogP contribution in [0.25, 0.3) is 0 Å². The van der Waals surface area contributed by atoms with Gasteiger partial charge >= 0.3 is 0 Å². The maximum Gasteiger partial charge on any atom is 0.0661 e. The van der Waals surface area contributed by atoms with Crippen LogP contribution in [0.1, 0.15) is 71.6 Å². The fourth-order valence-electron chi connectivity index (χ4n) is 4.84. The fourth-order valence-corrected chi connectivity index (χ4v) is 4.84. The van der Waals surface area contributed by atoms with Gasteiger partial charge in [-0.3, -0.25) is 0 Å². The van der Waals surface area contributed by atoms with Crippen LogP contribution in [0.15, 0.2) is 0 Å². The average Bonchev–Trinajstić information content (AvgIpc) is 2.87. The predicted molar refractivity (Wildman–Crippen MR) is 79.3 cm³/mol. The number of ether oxygens (including phenoxy) is 1. The van der Waals surface area contributed by atoms with Crippen molar-refractivity contribution in [2.75, 3.05) is 13.2 Å². The zero-order chi connectivity index (χ0) is 13.3. The van der Waals surface area contributed by atoms with Crippen LogP contribution < -0.4 is 5.32 Å². The van der Waals surface area contributed by atoms with E-state index in [9.17, 15) is 0 Å². The highest BCUT2D eigenvalue weighted by molar-refractivity contribution is 5.10. The minimum absolute atomic E-state index is 0.509. The van der Waals surface area contributed by atoms with E-state index in [1.807, 2.05) is 0 Å². The molecule has 2 heteroatoms. The summed E-state index contributed by atoms with van der Waals surface area (Å²) in [5, 5.41) is 3.95. The van der Waals surface area contributed by atoms with Gasteiger partial charge in [0, 0.05) is 24.6 Å². The first-order valence-corrected chi connectivity index (χ1v) is 8.60. The van der Waals surface area contributed by atoms with Crippen molar-refractivity contribution in [3.63, 3.8) is 0 Å². The van der Waals surface area contributed by atoms with Crippen molar-refractivity contribution in [1.29, 1.82) is 0 Å². The summed E-state index contributed by atoms with van der Waals surface area (Å²) in [6.07, 6.45) is 13.1. The summed E-state index contributed by atoms with van der Waals surface area (Å²) in [6.45, 7) is 6.66. The third kappa shape index (κ3) is 2.25. The molecule has 3 fully saturated rings. The van der Waals surface area contributed by atoms with Gasteiger partial charge in [0.25, 0.3) is 0 Å². The summed E-state index contributed by atoms with van der Waals surface area (Å²) < 4.78 is 6.00. The Kier molecular flexibility index (Phi) is 3.92. The molecule has 3 aliphatic carbocycles. The highest BCUT2D eigenvalue weighted by Gasteiger charge is 2.56. The van der Waals surface area contributed by atoms with Crippen molar-refractivity contribution in [1.82, 2.24) is 5.32 Å². The second-order valence-electron chi connectivity index (χ2n) is 7.26. The molecular weight excluding hydrogens is 234 g/mol. The normalized spacial score (nSPS) is 35.1. The summed E-state index contributed by atoms with van der Waals surface area (Å²) >= 11 is 0. The van der Waals surface area contributed by atoms with Gasteiger partial charge in [-0.05, 0) is 50.9 Å². The Balaban J connectivity index is 1.56. The summed E-state index contributed by atoms with van der Waals surface area (Å²) in [4.78, 5) is 0. The smallest absolute Gasteiger partial charge is 0.0661 e. The molecule has 2 unspecified atom stereocenters. The van der Waals surface area contributed by atoms with Crippen molar-refractivity contribution >= 4 is 0 Å². The van der Waals surface area contributed by atoms with Crippen LogP contribution in [-0.2, 0) is 4.74 Å². The van der Waals surface area contributed by atoms with E-state index in [0.29, 0.717) is 16.9 Å². The van der Waals surface area contributed by atoms with Crippen molar-refractivity contribution < 1.29 is 4.74 Å². The van der Waals surface area contributed by atoms with E-state index in [0.717, 1.165) is 12.6 Å². The molecule has 3 aliphatic rings. The van der Waals surface area contributed by atoms with Crippen LogP contribution >= 0.6 is 0 Å². The first-order valence-electron chi connectivity index (χ1n) is 8.60. The molecule has 0 heterocycles. The summed E-state index contributed by atoms with van der Waals surface area (Å²) in [5.74, 6) is 0. The molecule has 0 aliphatic heterocycles. The molecule has 0 aromatic carbocycles. The van der Waals surface area contributed by atoms with Gasteiger partial charge in [-0.2, -0.15) is 0 Å². The van der Waals surface area contributed by atoms with Gasteiger partial charge in [0.1, 0.15) is 0 Å². The molecule has 3 saturated carbocycles. The molecule has 0 radical (unpaired) electrons. The molecular formula is C17H31NO. The molecule has 0 bridgehead atoms. The summed E-state index contributed by atoms with van der Waals surface area (Å²) in [6, 6.07) is 0.746. The van der Waals surface area contributed by atoms with E-state index >= 15 is 0 Å². The monoisotopic (exact) mass is 265 g/mol. The maximum atomic E-state index is 6.00. The molecule has 2 atom stereocenters. The quantitative estimate of drug-likeness (QED) is 0.786. The maximum absolute atomic E-state index is 6.00. The highest BCUT2D eigenvalue weighted by atomic mass is 16.5. The topological polar surface area (TPSA) is 21.3 Å². The van der Waals surface area contributed by atoms with Crippen molar-refractivity contribution in [3.8, 4) is 0 Å². The lowest BCUT2D eigenvalue weighted by molar-refractivity contribution is -0.133.